The van der Waals surface area contributed by atoms with Crippen LogP contribution in [-0.4, -0.2) is 30.1 Å². The summed E-state index contributed by atoms with van der Waals surface area (Å²) in [5, 5.41) is 0. The van der Waals surface area contributed by atoms with Crippen LogP contribution in [0.25, 0.3) is 0 Å². The van der Waals surface area contributed by atoms with E-state index in [9.17, 15) is 0 Å². The van der Waals surface area contributed by atoms with E-state index in [-0.39, 0.29) is 5.54 Å². The van der Waals surface area contributed by atoms with Gasteiger partial charge in [-0.1, -0.05) is 25.7 Å². The van der Waals surface area contributed by atoms with E-state index >= 15 is 0 Å². The molecule has 0 unspecified atom stereocenters. The predicted molar refractivity (Wildman–Crippen MR) is 62.4 cm³/mol. The zero-order valence-corrected chi connectivity index (χ0v) is 9.89. The second-order valence-electron chi connectivity index (χ2n) is 5.12. The van der Waals surface area contributed by atoms with Crippen LogP contribution in [0.5, 0.6) is 0 Å². The van der Waals surface area contributed by atoms with Gasteiger partial charge in [0.2, 0.25) is 0 Å². The number of nitrogens with two attached hydrogens (primary N) is 1. The molecule has 1 heterocycles. The Morgan fingerprint density at radius 1 is 0.929 bits per heavy atom. The van der Waals surface area contributed by atoms with Crippen molar-refractivity contribution in [3.05, 3.63) is 0 Å². The molecule has 1 rings (SSSR count). The summed E-state index contributed by atoms with van der Waals surface area (Å²) in [4.78, 5) is 2.58. The summed E-state index contributed by atoms with van der Waals surface area (Å²) in [6.45, 7) is 7.79. The van der Waals surface area contributed by atoms with Gasteiger partial charge < -0.3 is 5.73 Å². The van der Waals surface area contributed by atoms with Gasteiger partial charge in [-0.05, 0) is 39.8 Å². The molecule has 2 heteroatoms. The first-order valence-electron chi connectivity index (χ1n) is 6.12. The van der Waals surface area contributed by atoms with Gasteiger partial charge >= 0.3 is 0 Å². The van der Waals surface area contributed by atoms with E-state index in [1.807, 2.05) is 0 Å². The smallest absolute Gasteiger partial charge is 0.0275 e. The van der Waals surface area contributed by atoms with Gasteiger partial charge in [0.15, 0.2) is 0 Å². The van der Waals surface area contributed by atoms with E-state index in [2.05, 4.69) is 18.7 Å². The molecule has 0 bridgehead atoms. The second-order valence-corrected chi connectivity index (χ2v) is 5.12. The quantitative estimate of drug-likeness (QED) is 0.738. The zero-order chi connectivity index (χ0) is 10.4. The Hall–Kier alpha value is -0.0800. The molecule has 1 saturated heterocycles. The summed E-state index contributed by atoms with van der Waals surface area (Å²) in [7, 11) is 0. The Morgan fingerprint density at radius 3 is 1.79 bits per heavy atom. The van der Waals surface area contributed by atoms with Gasteiger partial charge in [-0.3, -0.25) is 4.90 Å². The molecule has 14 heavy (non-hydrogen) atoms. The summed E-state index contributed by atoms with van der Waals surface area (Å²) in [5.74, 6) is 0. The van der Waals surface area contributed by atoms with Gasteiger partial charge in [-0.25, -0.2) is 0 Å². The molecule has 1 aliphatic rings. The van der Waals surface area contributed by atoms with Crippen molar-refractivity contribution in [3.63, 3.8) is 0 Å². The molecule has 2 nitrogen and oxygen atoms in total. The maximum atomic E-state index is 5.82. The fourth-order valence-corrected chi connectivity index (χ4v) is 2.16. The fraction of sp³-hybridized carbons (Fsp3) is 1.00. The third-order valence-corrected chi connectivity index (χ3v) is 3.46. The van der Waals surface area contributed by atoms with E-state index in [4.69, 9.17) is 5.73 Å². The Balaban J connectivity index is 2.47. The molecule has 0 amide bonds. The molecule has 0 saturated carbocycles. The average Bonchev–Trinajstić information content (AvgIpc) is 2.30. The van der Waals surface area contributed by atoms with Crippen molar-refractivity contribution in [2.24, 2.45) is 5.73 Å². The minimum absolute atomic E-state index is 0.199. The minimum Gasteiger partial charge on any atom is -0.329 e. The van der Waals surface area contributed by atoms with Crippen molar-refractivity contribution in [2.75, 3.05) is 19.6 Å². The lowest BCUT2D eigenvalue weighted by Crippen LogP contribution is -2.50. The molecule has 0 aromatic heterocycles. The average molecular weight is 198 g/mol. The lowest BCUT2D eigenvalue weighted by molar-refractivity contribution is 0.124. The Morgan fingerprint density at radius 2 is 1.36 bits per heavy atom. The molecule has 1 fully saturated rings. The summed E-state index contributed by atoms with van der Waals surface area (Å²) < 4.78 is 0. The fourth-order valence-electron chi connectivity index (χ4n) is 2.16. The lowest BCUT2D eigenvalue weighted by atomic mass is 10.0. The van der Waals surface area contributed by atoms with Gasteiger partial charge in [-0.15, -0.1) is 0 Å². The van der Waals surface area contributed by atoms with Crippen LogP contribution in [0.1, 0.15) is 52.4 Å². The zero-order valence-electron chi connectivity index (χ0n) is 9.89. The monoisotopic (exact) mass is 198 g/mol. The highest BCUT2D eigenvalue weighted by Gasteiger charge is 2.24. The highest BCUT2D eigenvalue weighted by Crippen LogP contribution is 2.18. The molecular formula is C12H26N2. The number of nitrogens with zero attached hydrogens (tertiary/aromatic N) is 1. The highest BCUT2D eigenvalue weighted by molar-refractivity contribution is 4.82. The first-order chi connectivity index (χ1) is 6.67. The molecule has 0 atom stereocenters. The van der Waals surface area contributed by atoms with E-state index in [0.717, 1.165) is 6.54 Å². The number of hydrogen-bond acceptors (Lipinski definition) is 2. The maximum Gasteiger partial charge on any atom is 0.0275 e. The Bertz CT molecular complexity index is 144. The Labute approximate surface area is 88.8 Å². The first-order valence-corrected chi connectivity index (χ1v) is 6.12. The molecule has 0 aromatic carbocycles. The van der Waals surface area contributed by atoms with E-state index in [1.54, 1.807) is 0 Å². The van der Waals surface area contributed by atoms with Crippen LogP contribution < -0.4 is 5.73 Å². The summed E-state index contributed by atoms with van der Waals surface area (Å²) in [5.41, 5.74) is 6.02. The molecule has 0 spiro atoms. The van der Waals surface area contributed by atoms with E-state index < -0.39 is 0 Å². The molecule has 1 aliphatic heterocycles. The van der Waals surface area contributed by atoms with E-state index in [0.29, 0.717) is 0 Å². The van der Waals surface area contributed by atoms with Crippen LogP contribution in [0.4, 0.5) is 0 Å². The molecule has 0 radical (unpaired) electrons. The molecular weight excluding hydrogens is 172 g/mol. The first kappa shape index (κ1) is 12.0. The summed E-state index contributed by atoms with van der Waals surface area (Å²) in [6, 6.07) is 0. The molecule has 0 aromatic rings. The van der Waals surface area contributed by atoms with Gasteiger partial charge in [-0.2, -0.15) is 0 Å². The van der Waals surface area contributed by atoms with Crippen molar-refractivity contribution < 1.29 is 0 Å². The van der Waals surface area contributed by atoms with Gasteiger partial charge in [0.05, 0.1) is 0 Å². The second kappa shape index (κ2) is 5.72. The van der Waals surface area contributed by atoms with Crippen molar-refractivity contribution in [2.45, 2.75) is 57.9 Å². The minimum atomic E-state index is 0.199. The predicted octanol–water partition coefficient (Wildman–Crippen LogP) is 2.38. The molecule has 0 aliphatic carbocycles. The standard InChI is InChI=1S/C12H26N2/c1-12(2,11-13)14-9-7-5-3-4-6-8-10-14/h3-11,13H2,1-2H3. The Kier molecular flexibility index (Phi) is 4.90. The summed E-state index contributed by atoms with van der Waals surface area (Å²) in [6.07, 6.45) is 8.36. The van der Waals surface area contributed by atoms with Crippen molar-refractivity contribution >= 4 is 0 Å². The topological polar surface area (TPSA) is 29.3 Å². The van der Waals surface area contributed by atoms with E-state index in [1.165, 1.54) is 51.6 Å². The van der Waals surface area contributed by atoms with Gasteiger partial charge in [0.25, 0.3) is 0 Å². The normalized spacial score (nSPS) is 22.5. The summed E-state index contributed by atoms with van der Waals surface area (Å²) >= 11 is 0. The largest absolute Gasteiger partial charge is 0.329 e. The van der Waals surface area contributed by atoms with Gasteiger partial charge in [0, 0.05) is 12.1 Å². The van der Waals surface area contributed by atoms with Crippen LogP contribution in [-0.2, 0) is 0 Å². The molecule has 2 N–H and O–H groups in total. The maximum absolute atomic E-state index is 5.82. The third-order valence-electron chi connectivity index (χ3n) is 3.46. The van der Waals surface area contributed by atoms with Crippen molar-refractivity contribution in [3.8, 4) is 0 Å². The van der Waals surface area contributed by atoms with Crippen LogP contribution in [0.15, 0.2) is 0 Å². The molecule has 84 valence electrons. The SMILES string of the molecule is CC(C)(CN)N1CCCCCCCC1. The van der Waals surface area contributed by atoms with Gasteiger partial charge in [0.1, 0.15) is 0 Å². The van der Waals surface area contributed by atoms with Crippen LogP contribution in [0, 0.1) is 0 Å². The third kappa shape index (κ3) is 3.58. The highest BCUT2D eigenvalue weighted by atomic mass is 15.2. The van der Waals surface area contributed by atoms with Crippen molar-refractivity contribution in [1.82, 2.24) is 4.90 Å². The number of rotatable bonds is 2. The van der Waals surface area contributed by atoms with Crippen LogP contribution >= 0.6 is 0 Å². The van der Waals surface area contributed by atoms with Crippen LogP contribution in [0.3, 0.4) is 0 Å². The lowest BCUT2D eigenvalue weighted by Gasteiger charge is -2.37. The van der Waals surface area contributed by atoms with Crippen LogP contribution in [0.2, 0.25) is 0 Å². The van der Waals surface area contributed by atoms with Crippen molar-refractivity contribution in [1.29, 1.82) is 0 Å². The number of hydrogen-bond donors (Lipinski definition) is 1.